The zero-order valence-electron chi connectivity index (χ0n) is 17.3. The standard InChI is InChI=1S/C22H20F2N6OS/c1-29-19(15(11-25-29)22-26-16(12-32-22)20(23)24)17(31)9-13-7-8-30-18(10-13)27-21(28-30)14-5-3-2-4-6-14/h2-6,11-13,20H,7-10H2,1H3. The lowest BCUT2D eigenvalue weighted by molar-refractivity contribution is 0.0944. The fraction of sp³-hybridized carbons (Fsp3) is 0.318. The average Bonchev–Trinajstić information content (AvgIpc) is 3.51. The molecule has 1 atom stereocenters. The number of ketones is 1. The number of carbonyl (C=O) groups excluding carboxylic acids is 1. The summed E-state index contributed by atoms with van der Waals surface area (Å²) in [7, 11) is 1.68. The van der Waals surface area contributed by atoms with Crippen molar-refractivity contribution in [1.29, 1.82) is 0 Å². The minimum Gasteiger partial charge on any atom is -0.292 e. The van der Waals surface area contributed by atoms with Crippen LogP contribution in [0.4, 0.5) is 8.78 Å². The van der Waals surface area contributed by atoms with E-state index < -0.39 is 6.43 Å². The fourth-order valence-corrected chi connectivity index (χ4v) is 4.87. The van der Waals surface area contributed by atoms with Crippen LogP contribution in [0.25, 0.3) is 22.0 Å². The van der Waals surface area contributed by atoms with Crippen molar-refractivity contribution in [2.24, 2.45) is 13.0 Å². The summed E-state index contributed by atoms with van der Waals surface area (Å²) < 4.78 is 29.3. The number of alkyl halides is 2. The number of hydrogen-bond donors (Lipinski definition) is 0. The van der Waals surface area contributed by atoms with Gasteiger partial charge in [-0.15, -0.1) is 11.3 Å². The average molecular weight is 455 g/mol. The van der Waals surface area contributed by atoms with E-state index in [1.54, 1.807) is 7.05 Å². The summed E-state index contributed by atoms with van der Waals surface area (Å²) in [5.74, 6) is 1.62. The van der Waals surface area contributed by atoms with Crippen LogP contribution in [0.5, 0.6) is 0 Å². The number of Topliss-reactive ketones (excluding diaryl/α,β-unsaturated/α-hetero) is 1. The Hall–Kier alpha value is -3.27. The fourth-order valence-electron chi connectivity index (χ4n) is 4.05. The molecule has 7 nitrogen and oxygen atoms in total. The number of aromatic nitrogens is 6. The van der Waals surface area contributed by atoms with Crippen molar-refractivity contribution >= 4 is 17.1 Å². The van der Waals surface area contributed by atoms with Gasteiger partial charge < -0.3 is 0 Å². The van der Waals surface area contributed by atoms with Gasteiger partial charge in [0.05, 0.1) is 11.8 Å². The smallest absolute Gasteiger partial charge is 0.281 e. The third-order valence-corrected chi connectivity index (χ3v) is 6.55. The predicted octanol–water partition coefficient (Wildman–Crippen LogP) is 4.58. The van der Waals surface area contributed by atoms with Gasteiger partial charge >= 0.3 is 0 Å². The summed E-state index contributed by atoms with van der Waals surface area (Å²) >= 11 is 1.10. The molecule has 164 valence electrons. The topological polar surface area (TPSA) is 78.5 Å². The van der Waals surface area contributed by atoms with Gasteiger partial charge in [-0.1, -0.05) is 30.3 Å². The van der Waals surface area contributed by atoms with Crippen LogP contribution in [0.15, 0.2) is 41.9 Å². The molecular weight excluding hydrogens is 434 g/mol. The lowest BCUT2D eigenvalue weighted by Gasteiger charge is -2.21. The molecule has 1 unspecified atom stereocenters. The van der Waals surface area contributed by atoms with Gasteiger partial charge in [0.25, 0.3) is 6.43 Å². The second-order valence-corrected chi connectivity index (χ2v) is 8.69. The molecule has 5 rings (SSSR count). The van der Waals surface area contributed by atoms with Crippen molar-refractivity contribution in [1.82, 2.24) is 29.5 Å². The molecule has 1 aromatic carbocycles. The molecule has 4 aromatic rings. The van der Waals surface area contributed by atoms with Gasteiger partial charge in [0.15, 0.2) is 11.6 Å². The summed E-state index contributed by atoms with van der Waals surface area (Å²) in [5.41, 5.74) is 1.58. The van der Waals surface area contributed by atoms with E-state index in [0.29, 0.717) is 41.5 Å². The van der Waals surface area contributed by atoms with Crippen LogP contribution in [-0.2, 0) is 20.0 Å². The van der Waals surface area contributed by atoms with E-state index in [-0.39, 0.29) is 17.4 Å². The molecule has 0 N–H and O–H groups in total. The molecule has 0 saturated carbocycles. The van der Waals surface area contributed by atoms with Crippen molar-refractivity contribution in [3.63, 3.8) is 0 Å². The van der Waals surface area contributed by atoms with Gasteiger partial charge in [-0.3, -0.25) is 9.48 Å². The summed E-state index contributed by atoms with van der Waals surface area (Å²) in [6.45, 7) is 0.704. The number of benzene rings is 1. The van der Waals surface area contributed by atoms with Crippen LogP contribution < -0.4 is 0 Å². The SMILES string of the molecule is Cn1ncc(-c2nc(C(F)F)cs2)c1C(=O)CC1CCn2nc(-c3ccccc3)nc2C1. The second kappa shape index (κ2) is 8.34. The summed E-state index contributed by atoms with van der Waals surface area (Å²) in [6.07, 6.45) is 0.677. The molecule has 0 aliphatic carbocycles. The molecule has 32 heavy (non-hydrogen) atoms. The van der Waals surface area contributed by atoms with Crippen LogP contribution in [0, 0.1) is 5.92 Å². The van der Waals surface area contributed by atoms with Gasteiger partial charge in [-0.25, -0.2) is 23.4 Å². The Bertz CT molecular complexity index is 1260. The maximum absolute atomic E-state index is 13.2. The minimum absolute atomic E-state index is 0.0740. The Morgan fingerprint density at radius 3 is 2.81 bits per heavy atom. The van der Waals surface area contributed by atoms with E-state index in [2.05, 4.69) is 20.2 Å². The first kappa shape index (κ1) is 20.6. The first-order valence-electron chi connectivity index (χ1n) is 10.3. The van der Waals surface area contributed by atoms with Gasteiger partial charge in [-0.05, 0) is 12.3 Å². The highest BCUT2D eigenvalue weighted by Gasteiger charge is 2.28. The highest BCUT2D eigenvalue weighted by atomic mass is 32.1. The normalized spacial score (nSPS) is 15.8. The van der Waals surface area contributed by atoms with E-state index in [1.165, 1.54) is 16.3 Å². The number of nitrogens with zero attached hydrogens (tertiary/aromatic N) is 6. The Labute approximate surface area is 186 Å². The Morgan fingerprint density at radius 1 is 1.25 bits per heavy atom. The molecule has 0 spiro atoms. The van der Waals surface area contributed by atoms with Gasteiger partial charge in [0, 0.05) is 37.4 Å². The van der Waals surface area contributed by atoms with Crippen molar-refractivity contribution < 1.29 is 13.6 Å². The molecule has 3 aromatic heterocycles. The number of halogens is 2. The molecule has 1 aliphatic rings. The van der Waals surface area contributed by atoms with Crippen molar-refractivity contribution in [3.05, 3.63) is 59.1 Å². The van der Waals surface area contributed by atoms with E-state index in [4.69, 9.17) is 0 Å². The van der Waals surface area contributed by atoms with Crippen LogP contribution >= 0.6 is 11.3 Å². The second-order valence-electron chi connectivity index (χ2n) is 7.84. The third-order valence-electron chi connectivity index (χ3n) is 5.65. The molecule has 0 amide bonds. The molecule has 0 saturated heterocycles. The first-order valence-corrected chi connectivity index (χ1v) is 11.2. The zero-order chi connectivity index (χ0) is 22.2. The van der Waals surface area contributed by atoms with E-state index >= 15 is 0 Å². The summed E-state index contributed by atoms with van der Waals surface area (Å²) in [5, 5.41) is 10.5. The van der Waals surface area contributed by atoms with E-state index in [9.17, 15) is 13.6 Å². The maximum atomic E-state index is 13.2. The van der Waals surface area contributed by atoms with Crippen LogP contribution in [-0.4, -0.2) is 35.3 Å². The number of aryl methyl sites for hydroxylation is 2. The van der Waals surface area contributed by atoms with Crippen molar-refractivity contribution in [3.8, 4) is 22.0 Å². The highest BCUT2D eigenvalue weighted by Crippen LogP contribution is 2.32. The largest absolute Gasteiger partial charge is 0.292 e. The molecule has 0 bridgehead atoms. The van der Waals surface area contributed by atoms with Crippen LogP contribution in [0.2, 0.25) is 0 Å². The zero-order valence-corrected chi connectivity index (χ0v) is 18.1. The van der Waals surface area contributed by atoms with Gasteiger partial charge in [0.2, 0.25) is 0 Å². The van der Waals surface area contributed by atoms with Crippen molar-refractivity contribution in [2.75, 3.05) is 0 Å². The Kier molecular flexibility index (Phi) is 5.38. The first-order chi connectivity index (χ1) is 15.5. The number of thiazole rings is 1. The maximum Gasteiger partial charge on any atom is 0.281 e. The van der Waals surface area contributed by atoms with Gasteiger partial charge in [-0.2, -0.15) is 10.2 Å². The van der Waals surface area contributed by atoms with Gasteiger partial charge in [0.1, 0.15) is 22.2 Å². The molecule has 0 fully saturated rings. The molecule has 10 heteroatoms. The Morgan fingerprint density at radius 2 is 2.06 bits per heavy atom. The Balaban J connectivity index is 1.33. The highest BCUT2D eigenvalue weighted by molar-refractivity contribution is 7.13. The number of rotatable bonds is 6. The lowest BCUT2D eigenvalue weighted by Crippen LogP contribution is -2.23. The van der Waals surface area contributed by atoms with Crippen LogP contribution in [0.1, 0.15) is 41.3 Å². The molecule has 4 heterocycles. The lowest BCUT2D eigenvalue weighted by atomic mass is 9.91. The molecule has 1 aliphatic heterocycles. The summed E-state index contributed by atoms with van der Waals surface area (Å²) in [6, 6.07) is 9.81. The number of carbonyl (C=O) groups is 1. The van der Waals surface area contributed by atoms with Crippen molar-refractivity contribution in [2.45, 2.75) is 32.2 Å². The summed E-state index contributed by atoms with van der Waals surface area (Å²) in [4.78, 5) is 21.9. The van der Waals surface area contributed by atoms with E-state index in [0.717, 1.165) is 29.1 Å². The third kappa shape index (κ3) is 3.86. The molecular formula is C22H20F2N6OS. The number of hydrogen-bond acceptors (Lipinski definition) is 6. The predicted molar refractivity (Wildman–Crippen MR) is 115 cm³/mol. The van der Waals surface area contributed by atoms with E-state index in [1.807, 2.05) is 35.0 Å². The van der Waals surface area contributed by atoms with Crippen LogP contribution in [0.3, 0.4) is 0 Å². The molecule has 0 radical (unpaired) electrons. The quantitative estimate of drug-likeness (QED) is 0.399. The monoisotopic (exact) mass is 454 g/mol. The number of fused-ring (bicyclic) bond motifs is 1. The minimum atomic E-state index is -2.64.